The summed E-state index contributed by atoms with van der Waals surface area (Å²) in [6, 6.07) is 3.73. The molecule has 1 saturated carbocycles. The number of ether oxygens (including phenoxy) is 4. The Hall–Kier alpha value is -3.63. The van der Waals surface area contributed by atoms with Gasteiger partial charge in [-0.25, -0.2) is 19.6 Å². The predicted molar refractivity (Wildman–Crippen MR) is 186 cm³/mol. The highest BCUT2D eigenvalue weighted by molar-refractivity contribution is 5.91. The lowest BCUT2D eigenvalue weighted by molar-refractivity contribution is -0.165. The number of hydrogen-bond acceptors (Lipinski definition) is 9. The van der Waals surface area contributed by atoms with Crippen molar-refractivity contribution >= 4 is 29.0 Å². The summed E-state index contributed by atoms with van der Waals surface area (Å²) < 4.78 is 24.1. The molecule has 270 valence electrons. The number of hydrogen-bond donors (Lipinski definition) is 1. The molecule has 0 spiro atoms. The molecule has 0 radical (unpaired) electrons. The van der Waals surface area contributed by atoms with Gasteiger partial charge in [-0.05, 0) is 89.2 Å². The molecule has 2 amide bonds. The van der Waals surface area contributed by atoms with Crippen LogP contribution in [-0.2, 0) is 25.5 Å². The fourth-order valence-corrected chi connectivity index (χ4v) is 7.61. The second-order valence-electron chi connectivity index (χ2n) is 16.1. The van der Waals surface area contributed by atoms with Crippen LogP contribution in [0.4, 0.5) is 4.79 Å². The molecule has 2 fully saturated rings. The Labute approximate surface area is 291 Å². The number of aromatic nitrogens is 2. The molecule has 0 unspecified atom stereocenters. The van der Waals surface area contributed by atoms with E-state index < -0.39 is 47.2 Å². The highest BCUT2D eigenvalue weighted by Gasteiger charge is 2.52. The Morgan fingerprint density at radius 2 is 1.67 bits per heavy atom. The monoisotopic (exact) mass is 680 g/mol. The van der Waals surface area contributed by atoms with Crippen molar-refractivity contribution in [2.24, 2.45) is 17.3 Å². The van der Waals surface area contributed by atoms with E-state index in [2.05, 4.69) is 5.32 Å². The van der Waals surface area contributed by atoms with E-state index >= 15 is 0 Å². The first kappa shape index (κ1) is 36.6. The molecular weight excluding hydrogens is 624 g/mol. The fraction of sp³-hybridized carbons (Fsp3) is 0.711. The third-order valence-electron chi connectivity index (χ3n) is 10.1. The first-order chi connectivity index (χ1) is 23.2. The minimum Gasteiger partial charge on any atom is -0.497 e. The fourth-order valence-electron chi connectivity index (χ4n) is 7.61. The molecule has 6 atom stereocenters. The van der Waals surface area contributed by atoms with Crippen LogP contribution in [-0.4, -0.2) is 76.4 Å². The summed E-state index contributed by atoms with van der Waals surface area (Å²) in [5.74, 6) is 0.103. The quantitative estimate of drug-likeness (QED) is 0.349. The molecule has 2 bridgehead atoms. The number of nitrogens with zero attached hydrogens (tertiary/aromatic N) is 3. The van der Waals surface area contributed by atoms with E-state index in [4.69, 9.17) is 28.9 Å². The topological polar surface area (TPSA) is 129 Å². The molecular formula is C38H56N4O7. The van der Waals surface area contributed by atoms with Gasteiger partial charge in [0.25, 0.3) is 0 Å². The third-order valence-corrected chi connectivity index (χ3v) is 10.1. The van der Waals surface area contributed by atoms with Crippen LogP contribution in [0.25, 0.3) is 11.0 Å². The zero-order valence-electron chi connectivity index (χ0n) is 30.7. The number of carbonyl (C=O) groups excluding carboxylic acids is 3. The summed E-state index contributed by atoms with van der Waals surface area (Å²) in [5.41, 5.74) is 0.695. The Morgan fingerprint density at radius 3 is 2.37 bits per heavy atom. The van der Waals surface area contributed by atoms with Gasteiger partial charge in [0.05, 0.1) is 24.7 Å². The Bertz CT molecular complexity index is 1500. The zero-order chi connectivity index (χ0) is 35.5. The highest BCUT2D eigenvalue weighted by Crippen LogP contribution is 2.37. The van der Waals surface area contributed by atoms with Crippen molar-refractivity contribution in [3.8, 4) is 11.6 Å². The van der Waals surface area contributed by atoms with Gasteiger partial charge in [-0.1, -0.05) is 47.0 Å². The Balaban J connectivity index is 1.57. The van der Waals surface area contributed by atoms with Crippen LogP contribution in [0, 0.1) is 17.3 Å². The second-order valence-corrected chi connectivity index (χ2v) is 16.1. The van der Waals surface area contributed by atoms with Gasteiger partial charge < -0.3 is 29.2 Å². The minimum absolute atomic E-state index is 0.118. The second kappa shape index (κ2) is 15.1. The highest BCUT2D eigenvalue weighted by atomic mass is 16.6. The van der Waals surface area contributed by atoms with Gasteiger partial charge >= 0.3 is 12.1 Å². The minimum atomic E-state index is -0.952. The van der Waals surface area contributed by atoms with Gasteiger partial charge in [0.15, 0.2) is 0 Å². The van der Waals surface area contributed by atoms with E-state index in [-0.39, 0.29) is 18.6 Å². The number of aryl methyl sites for hydroxylation is 1. The molecule has 49 heavy (non-hydrogen) atoms. The number of nitrogens with one attached hydrogen (secondary N) is 1. The van der Waals surface area contributed by atoms with E-state index in [1.165, 1.54) is 0 Å². The van der Waals surface area contributed by atoms with Crippen molar-refractivity contribution in [3.63, 3.8) is 0 Å². The van der Waals surface area contributed by atoms with Crippen molar-refractivity contribution in [3.05, 3.63) is 23.9 Å². The number of fused-ring (bicyclic) bond motifs is 5. The lowest BCUT2D eigenvalue weighted by atomic mass is 9.85. The smallest absolute Gasteiger partial charge is 0.408 e. The number of amides is 2. The van der Waals surface area contributed by atoms with E-state index in [9.17, 15) is 14.4 Å². The number of alkyl carbamates (subject to hydrolysis) is 1. The van der Waals surface area contributed by atoms with Gasteiger partial charge in [-0.3, -0.25) is 4.79 Å². The molecule has 3 heterocycles. The molecule has 1 aromatic heterocycles. The van der Waals surface area contributed by atoms with E-state index in [0.717, 1.165) is 62.6 Å². The molecule has 2 aromatic rings. The van der Waals surface area contributed by atoms with Crippen LogP contribution in [0.15, 0.2) is 18.2 Å². The van der Waals surface area contributed by atoms with Gasteiger partial charge in [-0.15, -0.1) is 0 Å². The van der Waals surface area contributed by atoms with Crippen LogP contribution < -0.4 is 14.8 Å². The summed E-state index contributed by atoms with van der Waals surface area (Å²) in [6.07, 6.45) is 7.83. The standard InChI is InChI=1S/C38H56N4O7/c1-9-25-30-22-42(31(25)35(44)49-38(5,6)7)34(43)32(37(2,3)4)41-36(45)48-29-18-14-16-23(29)15-12-10-11-13-17-27-33(47-30)40-28-21-24(46-8)19-20-26(28)39-27/h19-21,23,25,29-32H,9-18,22H2,1-8H3,(H,41,45)/t23-,25-,29-,30+,31+,32-/m1/s1. The van der Waals surface area contributed by atoms with Crippen LogP contribution in [0.1, 0.15) is 112 Å². The van der Waals surface area contributed by atoms with Gasteiger partial charge in [0.1, 0.15) is 41.3 Å². The van der Waals surface area contributed by atoms with Crippen molar-refractivity contribution < 1.29 is 33.3 Å². The molecule has 5 rings (SSSR count). The largest absolute Gasteiger partial charge is 0.497 e. The number of esters is 1. The molecule has 3 aliphatic rings. The molecule has 2 aliphatic heterocycles. The average Bonchev–Trinajstić information content (AvgIpc) is 3.62. The summed E-state index contributed by atoms with van der Waals surface area (Å²) in [7, 11) is 1.61. The maximum absolute atomic E-state index is 14.6. The average molecular weight is 681 g/mol. The lowest BCUT2D eigenvalue weighted by Gasteiger charge is -2.36. The van der Waals surface area contributed by atoms with Crippen molar-refractivity contribution in [1.29, 1.82) is 0 Å². The molecule has 1 saturated heterocycles. The SMILES string of the molecule is CC[C@@H]1[C@@H]2CN(C(=O)[C@H](C(C)(C)C)NC(=O)O[C@@H]3CCC[C@H]3CCCCCCc3nc4ccc(OC)cc4nc3O2)[C@@H]1C(=O)OC(C)(C)C. The van der Waals surface area contributed by atoms with Gasteiger partial charge in [0.2, 0.25) is 11.8 Å². The first-order valence-corrected chi connectivity index (χ1v) is 18.2. The van der Waals surface area contributed by atoms with Crippen LogP contribution in [0.2, 0.25) is 0 Å². The first-order valence-electron chi connectivity index (χ1n) is 18.2. The molecule has 1 N–H and O–H groups in total. The van der Waals surface area contributed by atoms with Crippen LogP contribution in [0.5, 0.6) is 11.6 Å². The molecule has 11 nitrogen and oxygen atoms in total. The van der Waals surface area contributed by atoms with Crippen LogP contribution >= 0.6 is 0 Å². The van der Waals surface area contributed by atoms with Gasteiger partial charge in [0, 0.05) is 12.0 Å². The molecule has 1 aliphatic carbocycles. The van der Waals surface area contributed by atoms with E-state index in [1.807, 2.05) is 66.7 Å². The van der Waals surface area contributed by atoms with Crippen molar-refractivity contribution in [2.75, 3.05) is 13.7 Å². The van der Waals surface area contributed by atoms with Crippen molar-refractivity contribution in [2.45, 2.75) is 143 Å². The number of methoxy groups -OCH3 is 1. The summed E-state index contributed by atoms with van der Waals surface area (Å²) >= 11 is 0. The maximum atomic E-state index is 14.6. The molecule has 1 aromatic carbocycles. The van der Waals surface area contributed by atoms with Crippen LogP contribution in [0.3, 0.4) is 0 Å². The summed E-state index contributed by atoms with van der Waals surface area (Å²) in [6.45, 7) is 13.2. The normalized spacial score (nSPS) is 27.5. The number of rotatable bonds is 3. The molecule has 11 heteroatoms. The summed E-state index contributed by atoms with van der Waals surface area (Å²) in [5, 5.41) is 2.92. The maximum Gasteiger partial charge on any atom is 0.408 e. The summed E-state index contributed by atoms with van der Waals surface area (Å²) in [4.78, 5) is 53.6. The number of benzene rings is 1. The number of carbonyl (C=O) groups is 3. The Morgan fingerprint density at radius 1 is 0.939 bits per heavy atom. The lowest BCUT2D eigenvalue weighted by Crippen LogP contribution is -2.58. The van der Waals surface area contributed by atoms with E-state index in [1.54, 1.807) is 12.0 Å². The predicted octanol–water partition coefficient (Wildman–Crippen LogP) is 6.78. The Kier molecular flexibility index (Phi) is 11.3. The van der Waals surface area contributed by atoms with Gasteiger partial charge in [-0.2, -0.15) is 0 Å². The zero-order valence-corrected chi connectivity index (χ0v) is 30.7. The third kappa shape index (κ3) is 8.76. The van der Waals surface area contributed by atoms with Crippen molar-refractivity contribution in [1.82, 2.24) is 20.2 Å². The van der Waals surface area contributed by atoms with E-state index in [0.29, 0.717) is 35.9 Å².